The van der Waals surface area contributed by atoms with Crippen molar-refractivity contribution in [2.24, 2.45) is 0 Å². The molecule has 25 heavy (non-hydrogen) atoms. The van der Waals surface area contributed by atoms with Gasteiger partial charge in [0.05, 0.1) is 0 Å². The summed E-state index contributed by atoms with van der Waals surface area (Å²) in [7, 11) is 0. The minimum absolute atomic E-state index is 0.0396. The van der Waals surface area contributed by atoms with Crippen LogP contribution in [0.5, 0.6) is 0 Å². The number of carbonyl (C=O) groups excluding carboxylic acids is 1. The molecule has 0 fully saturated rings. The molecule has 0 saturated carbocycles. The van der Waals surface area contributed by atoms with Crippen LogP contribution in [-0.4, -0.2) is 29.0 Å². The van der Waals surface area contributed by atoms with Gasteiger partial charge in [0.2, 0.25) is 0 Å². The maximum atomic E-state index is 12.6. The number of para-hydroxylation sites is 1. The molecule has 1 heterocycles. The van der Waals surface area contributed by atoms with Gasteiger partial charge in [-0.1, -0.05) is 70.6 Å². The molecule has 138 valence electrons. The monoisotopic (exact) mass is 343 g/mol. The Bertz CT molecular complexity index is 590. The summed E-state index contributed by atoms with van der Waals surface area (Å²) in [5.74, 6) is -0.0396. The molecule has 1 amide bonds. The molecule has 0 spiro atoms. The van der Waals surface area contributed by atoms with Gasteiger partial charge in [-0.05, 0) is 25.0 Å². The summed E-state index contributed by atoms with van der Waals surface area (Å²) in [6.07, 6.45) is 9.72. The molecule has 2 aromatic rings. The molecule has 4 heteroatoms. The number of rotatable bonds is 12. The average Bonchev–Trinajstić information content (AvgIpc) is 3.06. The lowest BCUT2D eigenvalue weighted by atomic mass is 10.2. The molecule has 0 aliphatic heterocycles. The Hall–Kier alpha value is -1.81. The zero-order valence-corrected chi connectivity index (χ0v) is 15.8. The van der Waals surface area contributed by atoms with Crippen LogP contribution in [0.3, 0.4) is 0 Å². The first-order chi connectivity index (χ1) is 12.2. The number of unbranched alkanes of at least 4 members (excludes halogenated alkanes) is 6. The third-order valence-electron chi connectivity index (χ3n) is 4.60. The summed E-state index contributed by atoms with van der Waals surface area (Å²) in [6, 6.07) is 9.92. The number of nitrogens with zero attached hydrogens (tertiary/aromatic N) is 1. The van der Waals surface area contributed by atoms with Crippen LogP contribution in [-0.2, 0) is 0 Å². The van der Waals surface area contributed by atoms with E-state index >= 15 is 0 Å². The number of benzene rings is 1. The Morgan fingerprint density at radius 2 is 1.60 bits per heavy atom. The highest BCUT2D eigenvalue weighted by Crippen LogP contribution is 2.14. The second-order valence-electron chi connectivity index (χ2n) is 6.82. The summed E-state index contributed by atoms with van der Waals surface area (Å²) < 4.78 is 0. The van der Waals surface area contributed by atoms with Crippen molar-refractivity contribution in [3.8, 4) is 0 Å². The van der Waals surface area contributed by atoms with Gasteiger partial charge in [-0.3, -0.25) is 10.2 Å². The smallest absolute Gasteiger partial charge is 0.282 e. The summed E-state index contributed by atoms with van der Waals surface area (Å²) >= 11 is 0. The molecule has 2 rings (SSSR count). The predicted octanol–water partition coefficient (Wildman–Crippen LogP) is 5.28. The van der Waals surface area contributed by atoms with E-state index < -0.39 is 0 Å². The third-order valence-corrected chi connectivity index (χ3v) is 4.60. The molecule has 0 aliphatic rings. The third kappa shape index (κ3) is 6.54. The maximum absolute atomic E-state index is 12.6. The molecule has 0 atom stereocenters. The maximum Gasteiger partial charge on any atom is 0.282 e. The van der Waals surface area contributed by atoms with Crippen LogP contribution < -0.4 is 5.43 Å². The van der Waals surface area contributed by atoms with E-state index in [4.69, 9.17) is 0 Å². The van der Waals surface area contributed by atoms with Crippen molar-refractivity contribution in [2.75, 3.05) is 13.1 Å². The molecule has 0 saturated heterocycles. The molecule has 0 bridgehead atoms. The molecule has 0 radical (unpaired) electrons. The number of carbonyl (C=O) groups is 1. The highest BCUT2D eigenvalue weighted by atomic mass is 16.2. The van der Waals surface area contributed by atoms with Crippen molar-refractivity contribution in [3.63, 3.8) is 0 Å². The van der Waals surface area contributed by atoms with E-state index in [1.54, 1.807) is 0 Å². The van der Waals surface area contributed by atoms with Gasteiger partial charge in [0.25, 0.3) is 5.91 Å². The number of fused-ring (bicyclic) bond motifs is 1. The molecular formula is C21H33N3O. The fourth-order valence-electron chi connectivity index (χ4n) is 3.08. The standard InChI is InChI=1S/C21H33N3O/c1-3-5-7-11-15-24(16-12-8-6-4-2)23-21(25)20-17-18-13-9-10-14-19(18)22-20/h9-10,13-14,17,22H,3-8,11-12,15-16H2,1-2H3,(H,23,25). The van der Waals surface area contributed by atoms with E-state index in [1.165, 1.54) is 38.5 Å². The average molecular weight is 344 g/mol. The fraction of sp³-hybridized carbons (Fsp3) is 0.571. The van der Waals surface area contributed by atoms with E-state index in [0.717, 1.165) is 36.8 Å². The molecule has 0 unspecified atom stereocenters. The predicted molar refractivity (Wildman–Crippen MR) is 106 cm³/mol. The first-order valence-corrected chi connectivity index (χ1v) is 9.88. The number of H-pyrrole nitrogens is 1. The van der Waals surface area contributed by atoms with Crippen LogP contribution in [0.4, 0.5) is 0 Å². The van der Waals surface area contributed by atoms with Gasteiger partial charge in [0.1, 0.15) is 5.69 Å². The lowest BCUT2D eigenvalue weighted by Crippen LogP contribution is -2.43. The number of aromatic amines is 1. The van der Waals surface area contributed by atoms with Gasteiger partial charge in [0, 0.05) is 24.0 Å². The number of hydrogen-bond donors (Lipinski definition) is 2. The fourth-order valence-corrected chi connectivity index (χ4v) is 3.08. The molecule has 4 nitrogen and oxygen atoms in total. The van der Waals surface area contributed by atoms with Crippen LogP contribution >= 0.6 is 0 Å². The van der Waals surface area contributed by atoms with E-state index in [0.29, 0.717) is 5.69 Å². The van der Waals surface area contributed by atoms with Crippen LogP contribution in [0.2, 0.25) is 0 Å². The zero-order chi connectivity index (χ0) is 17.9. The first kappa shape index (κ1) is 19.5. The molecule has 1 aromatic heterocycles. The summed E-state index contributed by atoms with van der Waals surface area (Å²) in [5, 5.41) is 3.18. The quantitative estimate of drug-likeness (QED) is 0.407. The minimum atomic E-state index is -0.0396. The number of nitrogens with one attached hydrogen (secondary N) is 2. The number of amides is 1. The van der Waals surface area contributed by atoms with E-state index in [9.17, 15) is 4.79 Å². The van der Waals surface area contributed by atoms with Crippen LogP contribution in [0, 0.1) is 0 Å². The van der Waals surface area contributed by atoms with E-state index in [2.05, 4.69) is 29.3 Å². The largest absolute Gasteiger partial charge is 0.350 e. The minimum Gasteiger partial charge on any atom is -0.350 e. The van der Waals surface area contributed by atoms with Crippen LogP contribution in [0.25, 0.3) is 10.9 Å². The number of aromatic nitrogens is 1. The van der Waals surface area contributed by atoms with E-state index in [-0.39, 0.29) is 5.91 Å². The molecule has 2 N–H and O–H groups in total. The highest BCUT2D eigenvalue weighted by molar-refractivity contribution is 5.97. The van der Waals surface area contributed by atoms with Gasteiger partial charge in [0.15, 0.2) is 0 Å². The Labute approximate surface area is 152 Å². The van der Waals surface area contributed by atoms with Gasteiger partial charge >= 0.3 is 0 Å². The van der Waals surface area contributed by atoms with Crippen molar-refractivity contribution in [2.45, 2.75) is 65.2 Å². The molecule has 1 aromatic carbocycles. The Morgan fingerprint density at radius 3 is 2.20 bits per heavy atom. The number of hydrogen-bond acceptors (Lipinski definition) is 2. The normalized spacial score (nSPS) is 11.3. The second-order valence-corrected chi connectivity index (χ2v) is 6.82. The summed E-state index contributed by atoms with van der Waals surface area (Å²) in [4.78, 5) is 15.8. The molecular weight excluding hydrogens is 310 g/mol. The Balaban J connectivity index is 1.91. The van der Waals surface area contributed by atoms with E-state index in [1.807, 2.05) is 30.3 Å². The van der Waals surface area contributed by atoms with Gasteiger partial charge in [-0.2, -0.15) is 0 Å². The Morgan fingerprint density at radius 1 is 0.960 bits per heavy atom. The van der Waals surface area contributed by atoms with Crippen molar-refractivity contribution in [1.82, 2.24) is 15.4 Å². The lowest BCUT2D eigenvalue weighted by molar-refractivity contribution is 0.0776. The second kappa shape index (κ2) is 10.9. The SMILES string of the molecule is CCCCCCN(CCCCCC)NC(=O)c1cc2ccccc2[nH]1. The van der Waals surface area contributed by atoms with Crippen molar-refractivity contribution in [1.29, 1.82) is 0 Å². The Kier molecular flexibility index (Phi) is 8.53. The van der Waals surface area contributed by atoms with Gasteiger partial charge < -0.3 is 4.98 Å². The number of hydrazine groups is 1. The van der Waals surface area contributed by atoms with Crippen LogP contribution in [0.1, 0.15) is 75.7 Å². The van der Waals surface area contributed by atoms with Gasteiger partial charge in [-0.15, -0.1) is 0 Å². The topological polar surface area (TPSA) is 48.1 Å². The van der Waals surface area contributed by atoms with Crippen LogP contribution in [0.15, 0.2) is 30.3 Å². The lowest BCUT2D eigenvalue weighted by Gasteiger charge is -2.23. The summed E-state index contributed by atoms with van der Waals surface area (Å²) in [5.41, 5.74) is 4.75. The molecule has 0 aliphatic carbocycles. The van der Waals surface area contributed by atoms with Crippen molar-refractivity contribution >= 4 is 16.8 Å². The zero-order valence-electron chi connectivity index (χ0n) is 15.8. The van der Waals surface area contributed by atoms with Crippen molar-refractivity contribution in [3.05, 3.63) is 36.0 Å². The van der Waals surface area contributed by atoms with Crippen molar-refractivity contribution < 1.29 is 4.79 Å². The summed E-state index contributed by atoms with van der Waals surface area (Å²) in [6.45, 7) is 6.30. The highest BCUT2D eigenvalue weighted by Gasteiger charge is 2.13. The van der Waals surface area contributed by atoms with Gasteiger partial charge in [-0.25, -0.2) is 5.01 Å². The first-order valence-electron chi connectivity index (χ1n) is 9.88.